The largest absolute Gasteiger partial charge is 0.462 e. The van der Waals surface area contributed by atoms with Crippen molar-refractivity contribution in [3.05, 3.63) is 72.9 Å². The Bertz CT molecular complexity index is 1290. The predicted octanol–water partition coefficient (Wildman–Crippen LogP) is 19.8. The fraction of sp³-hybridized carbons (Fsp3) is 0.762. The highest BCUT2D eigenvalue weighted by Gasteiger charge is 2.19. The van der Waals surface area contributed by atoms with E-state index in [-0.39, 0.29) is 31.1 Å². The minimum atomic E-state index is -0.796. The van der Waals surface area contributed by atoms with Gasteiger partial charge in [-0.05, 0) is 89.9 Å². The maximum atomic E-state index is 12.9. The summed E-state index contributed by atoms with van der Waals surface area (Å²) in [5.41, 5.74) is 0. The Hall–Kier alpha value is -3.15. The molecule has 398 valence electrons. The topological polar surface area (TPSA) is 78.9 Å². The molecule has 0 spiro atoms. The van der Waals surface area contributed by atoms with Crippen LogP contribution in [0.2, 0.25) is 0 Å². The van der Waals surface area contributed by atoms with Gasteiger partial charge in [0.25, 0.3) is 0 Å². The molecule has 0 fully saturated rings. The average Bonchev–Trinajstić information content (AvgIpc) is 3.35. The van der Waals surface area contributed by atoms with E-state index in [2.05, 4.69) is 93.7 Å². The van der Waals surface area contributed by atoms with Crippen LogP contribution in [0.5, 0.6) is 0 Å². The van der Waals surface area contributed by atoms with E-state index in [1.54, 1.807) is 0 Å². The number of ether oxygens (including phenoxy) is 3. The van der Waals surface area contributed by atoms with Crippen LogP contribution >= 0.6 is 0 Å². The van der Waals surface area contributed by atoms with Crippen LogP contribution in [0.1, 0.15) is 290 Å². The molecular formula is C63H110O6. The summed E-state index contributed by atoms with van der Waals surface area (Å²) in [6.45, 7) is 6.49. The molecule has 0 aliphatic heterocycles. The van der Waals surface area contributed by atoms with Gasteiger partial charge in [0.05, 0.1) is 0 Å². The molecule has 0 bridgehead atoms. The number of hydrogen-bond acceptors (Lipinski definition) is 6. The zero-order valence-electron chi connectivity index (χ0n) is 45.6. The van der Waals surface area contributed by atoms with E-state index in [4.69, 9.17) is 14.2 Å². The van der Waals surface area contributed by atoms with E-state index >= 15 is 0 Å². The smallest absolute Gasteiger partial charge is 0.306 e. The van der Waals surface area contributed by atoms with Crippen LogP contribution in [0.4, 0.5) is 0 Å². The van der Waals surface area contributed by atoms with Gasteiger partial charge >= 0.3 is 17.9 Å². The molecule has 0 aromatic heterocycles. The van der Waals surface area contributed by atoms with Crippen LogP contribution in [0, 0.1) is 0 Å². The van der Waals surface area contributed by atoms with Crippen LogP contribution in [0.3, 0.4) is 0 Å². The lowest BCUT2D eigenvalue weighted by molar-refractivity contribution is -0.167. The van der Waals surface area contributed by atoms with E-state index in [9.17, 15) is 14.4 Å². The molecule has 0 aliphatic carbocycles. The average molecular weight is 964 g/mol. The van der Waals surface area contributed by atoms with Crippen LogP contribution < -0.4 is 0 Å². The van der Waals surface area contributed by atoms with Crippen molar-refractivity contribution in [1.29, 1.82) is 0 Å². The highest BCUT2D eigenvalue weighted by atomic mass is 16.6. The molecule has 0 aromatic rings. The SMILES string of the molecule is CC/C=C\C/C=C\C/C=C\C/C=C\CCCCC(=O)OCC(COC(=O)CCCCCCCCCCCCCCCCCCCCC)OC(=O)CCCCCCCCC/C=C\C/C=C\CCCCC. The fourth-order valence-corrected chi connectivity index (χ4v) is 8.29. The number of carbonyl (C=O) groups is 3. The minimum absolute atomic E-state index is 0.0895. The van der Waals surface area contributed by atoms with Crippen molar-refractivity contribution in [2.45, 2.75) is 297 Å². The summed E-state index contributed by atoms with van der Waals surface area (Å²) >= 11 is 0. The number of hydrogen-bond donors (Lipinski definition) is 0. The Kier molecular flexibility index (Phi) is 54.8. The molecular weight excluding hydrogens is 853 g/mol. The molecule has 0 aromatic carbocycles. The summed E-state index contributed by atoms with van der Waals surface area (Å²) in [7, 11) is 0. The Labute approximate surface area is 427 Å². The third-order valence-electron chi connectivity index (χ3n) is 12.7. The lowest BCUT2D eigenvalue weighted by Gasteiger charge is -2.18. The Morgan fingerprint density at radius 1 is 0.304 bits per heavy atom. The molecule has 69 heavy (non-hydrogen) atoms. The normalized spacial score (nSPS) is 12.6. The summed E-state index contributed by atoms with van der Waals surface area (Å²) < 4.78 is 16.8. The number of esters is 3. The van der Waals surface area contributed by atoms with Crippen molar-refractivity contribution < 1.29 is 28.6 Å². The number of rotatable bonds is 53. The molecule has 1 unspecified atom stereocenters. The van der Waals surface area contributed by atoms with E-state index in [1.807, 2.05) is 0 Å². The summed E-state index contributed by atoms with van der Waals surface area (Å²) in [6.07, 6.45) is 73.2. The van der Waals surface area contributed by atoms with Gasteiger partial charge in [-0.1, -0.05) is 254 Å². The van der Waals surface area contributed by atoms with Crippen LogP contribution in [0.15, 0.2) is 72.9 Å². The number of unbranched alkanes of at least 4 members (excludes halogenated alkanes) is 30. The van der Waals surface area contributed by atoms with Gasteiger partial charge in [0.15, 0.2) is 6.10 Å². The van der Waals surface area contributed by atoms with Crippen molar-refractivity contribution in [3.63, 3.8) is 0 Å². The summed E-state index contributed by atoms with van der Waals surface area (Å²) in [5.74, 6) is -0.930. The van der Waals surface area contributed by atoms with Crippen molar-refractivity contribution in [3.8, 4) is 0 Å². The summed E-state index contributed by atoms with van der Waals surface area (Å²) in [6, 6.07) is 0. The van der Waals surface area contributed by atoms with Crippen molar-refractivity contribution in [2.24, 2.45) is 0 Å². The third kappa shape index (κ3) is 55.6. The monoisotopic (exact) mass is 963 g/mol. The molecule has 0 heterocycles. The van der Waals surface area contributed by atoms with Crippen molar-refractivity contribution in [2.75, 3.05) is 13.2 Å². The highest BCUT2D eigenvalue weighted by molar-refractivity contribution is 5.71. The second-order valence-electron chi connectivity index (χ2n) is 19.5. The molecule has 0 amide bonds. The maximum absolute atomic E-state index is 12.9. The first-order valence-electron chi connectivity index (χ1n) is 29.4. The molecule has 0 aliphatic rings. The Balaban J connectivity index is 4.41. The highest BCUT2D eigenvalue weighted by Crippen LogP contribution is 2.16. The van der Waals surface area contributed by atoms with Gasteiger partial charge in [0, 0.05) is 19.3 Å². The molecule has 0 saturated carbocycles. The molecule has 0 radical (unpaired) electrons. The lowest BCUT2D eigenvalue weighted by atomic mass is 10.0. The first-order valence-corrected chi connectivity index (χ1v) is 29.4. The molecule has 0 rings (SSSR count). The van der Waals surface area contributed by atoms with Gasteiger partial charge in [0.2, 0.25) is 0 Å². The molecule has 0 saturated heterocycles. The van der Waals surface area contributed by atoms with Crippen LogP contribution in [-0.2, 0) is 28.6 Å². The fourth-order valence-electron chi connectivity index (χ4n) is 8.29. The zero-order chi connectivity index (χ0) is 50.0. The Morgan fingerprint density at radius 3 is 0.942 bits per heavy atom. The van der Waals surface area contributed by atoms with Crippen molar-refractivity contribution >= 4 is 17.9 Å². The zero-order valence-corrected chi connectivity index (χ0v) is 45.6. The van der Waals surface area contributed by atoms with Gasteiger partial charge in [0.1, 0.15) is 13.2 Å². The standard InChI is InChI=1S/C63H110O6/c1-4-7-10-13-16-19-22-25-28-30-31-33-35-38-41-44-47-50-53-56-62(65)68-59-60(58-67-61(64)55-52-49-46-43-40-37-34-27-24-21-18-15-12-9-6-3)69-63(66)57-54-51-48-45-42-39-36-32-29-26-23-20-17-14-11-8-5-2/h9,12,17-18,20-21,26-27,29,34,40,43,60H,4-8,10-11,13-16,19,22-25,28,30-33,35-39,41-42,44-59H2,1-3H3/b12-9-,20-17-,21-18-,29-26-,34-27-,43-40-. The maximum Gasteiger partial charge on any atom is 0.306 e. The van der Waals surface area contributed by atoms with E-state index in [0.29, 0.717) is 19.3 Å². The van der Waals surface area contributed by atoms with Crippen LogP contribution in [0.25, 0.3) is 0 Å². The minimum Gasteiger partial charge on any atom is -0.462 e. The van der Waals surface area contributed by atoms with E-state index in [0.717, 1.165) is 96.3 Å². The molecule has 6 nitrogen and oxygen atoms in total. The van der Waals surface area contributed by atoms with Gasteiger partial charge in [-0.15, -0.1) is 0 Å². The van der Waals surface area contributed by atoms with Crippen LogP contribution in [-0.4, -0.2) is 37.2 Å². The van der Waals surface area contributed by atoms with Gasteiger partial charge in [-0.2, -0.15) is 0 Å². The molecule has 6 heteroatoms. The summed E-state index contributed by atoms with van der Waals surface area (Å²) in [4.78, 5) is 38.2. The van der Waals surface area contributed by atoms with Gasteiger partial charge < -0.3 is 14.2 Å². The van der Waals surface area contributed by atoms with Gasteiger partial charge in [-0.3, -0.25) is 14.4 Å². The van der Waals surface area contributed by atoms with E-state index in [1.165, 1.54) is 154 Å². The first-order chi connectivity index (χ1) is 34.0. The number of allylic oxidation sites excluding steroid dienone is 12. The third-order valence-corrected chi connectivity index (χ3v) is 12.7. The quantitative estimate of drug-likeness (QED) is 0.0262. The Morgan fingerprint density at radius 2 is 0.565 bits per heavy atom. The van der Waals surface area contributed by atoms with Gasteiger partial charge in [-0.25, -0.2) is 0 Å². The van der Waals surface area contributed by atoms with Crippen molar-refractivity contribution in [1.82, 2.24) is 0 Å². The molecule has 0 N–H and O–H groups in total. The number of carbonyl (C=O) groups excluding carboxylic acids is 3. The lowest BCUT2D eigenvalue weighted by Crippen LogP contribution is -2.30. The first kappa shape index (κ1) is 65.8. The molecule has 1 atom stereocenters. The second kappa shape index (κ2) is 57.4. The summed E-state index contributed by atoms with van der Waals surface area (Å²) in [5, 5.41) is 0. The predicted molar refractivity (Wildman–Crippen MR) is 298 cm³/mol. The van der Waals surface area contributed by atoms with E-state index < -0.39 is 6.10 Å². The second-order valence-corrected chi connectivity index (χ2v) is 19.5.